The monoisotopic (exact) mass is 294 g/mol. The first-order valence-electron chi connectivity index (χ1n) is 7.41. The molecule has 0 aliphatic carbocycles. The Bertz CT molecular complexity index is 646. The highest BCUT2D eigenvalue weighted by Gasteiger charge is 2.11. The van der Waals surface area contributed by atoms with Crippen molar-refractivity contribution in [2.45, 2.75) is 12.8 Å². The van der Waals surface area contributed by atoms with E-state index < -0.39 is 0 Å². The zero-order valence-corrected chi connectivity index (χ0v) is 12.3. The number of rotatable bonds is 4. The van der Waals surface area contributed by atoms with Gasteiger partial charge in [0, 0.05) is 31.2 Å². The van der Waals surface area contributed by atoms with Crippen LogP contribution in [0.15, 0.2) is 53.9 Å². The Kier molecular flexibility index (Phi) is 4.44. The number of hydrogen-bond donors (Lipinski definition) is 1. The topological polar surface area (TPSA) is 57.6 Å². The molecule has 1 saturated heterocycles. The van der Waals surface area contributed by atoms with Crippen LogP contribution in [0.1, 0.15) is 28.8 Å². The van der Waals surface area contributed by atoms with Gasteiger partial charge in [-0.25, -0.2) is 5.43 Å². The van der Waals surface area contributed by atoms with Crippen LogP contribution in [0.4, 0.5) is 5.69 Å². The summed E-state index contributed by atoms with van der Waals surface area (Å²) >= 11 is 0. The van der Waals surface area contributed by atoms with Crippen molar-refractivity contribution >= 4 is 17.8 Å². The van der Waals surface area contributed by atoms with Gasteiger partial charge in [-0.3, -0.25) is 9.78 Å². The van der Waals surface area contributed by atoms with Crippen molar-refractivity contribution in [3.05, 3.63) is 59.9 Å². The fourth-order valence-corrected chi connectivity index (χ4v) is 2.47. The van der Waals surface area contributed by atoms with Crippen LogP contribution in [0.2, 0.25) is 0 Å². The summed E-state index contributed by atoms with van der Waals surface area (Å²) in [6.07, 6.45) is 7.31. The maximum Gasteiger partial charge on any atom is 0.272 e. The van der Waals surface area contributed by atoms with Crippen LogP contribution < -0.4 is 10.3 Å². The summed E-state index contributed by atoms with van der Waals surface area (Å²) in [4.78, 5) is 18.1. The van der Waals surface area contributed by atoms with E-state index in [0.29, 0.717) is 5.56 Å². The molecular formula is C17H18N4O. The predicted octanol–water partition coefficient (Wildman–Crippen LogP) is 2.45. The Labute approximate surface area is 129 Å². The molecule has 0 atom stereocenters. The van der Waals surface area contributed by atoms with Crippen LogP contribution in [-0.2, 0) is 0 Å². The number of carbonyl (C=O) groups excluding carboxylic acids is 1. The van der Waals surface area contributed by atoms with Crippen LogP contribution >= 0.6 is 0 Å². The highest BCUT2D eigenvalue weighted by atomic mass is 16.2. The molecule has 2 heterocycles. The number of pyridine rings is 1. The number of nitrogens with zero attached hydrogens (tertiary/aromatic N) is 3. The summed E-state index contributed by atoms with van der Waals surface area (Å²) in [5, 5.41) is 3.98. The lowest BCUT2D eigenvalue weighted by atomic mass is 10.2. The minimum atomic E-state index is -0.266. The maximum absolute atomic E-state index is 11.8. The zero-order chi connectivity index (χ0) is 15.2. The van der Waals surface area contributed by atoms with Gasteiger partial charge in [0.15, 0.2) is 0 Å². The van der Waals surface area contributed by atoms with Gasteiger partial charge < -0.3 is 4.90 Å². The largest absolute Gasteiger partial charge is 0.372 e. The normalized spacial score (nSPS) is 14.5. The summed E-state index contributed by atoms with van der Waals surface area (Å²) in [6, 6.07) is 11.6. The van der Waals surface area contributed by atoms with Crippen LogP contribution in [-0.4, -0.2) is 30.2 Å². The lowest BCUT2D eigenvalue weighted by Crippen LogP contribution is -2.18. The quantitative estimate of drug-likeness (QED) is 0.696. The highest BCUT2D eigenvalue weighted by molar-refractivity contribution is 5.94. The van der Waals surface area contributed by atoms with Crippen molar-refractivity contribution in [2.24, 2.45) is 5.10 Å². The van der Waals surface area contributed by atoms with E-state index in [4.69, 9.17) is 0 Å². The molecule has 1 N–H and O–H groups in total. The average molecular weight is 294 g/mol. The minimum absolute atomic E-state index is 0.266. The third kappa shape index (κ3) is 3.49. The van der Waals surface area contributed by atoms with Gasteiger partial charge in [-0.15, -0.1) is 0 Å². The first kappa shape index (κ1) is 14.3. The van der Waals surface area contributed by atoms with E-state index in [1.165, 1.54) is 24.7 Å². The van der Waals surface area contributed by atoms with Gasteiger partial charge in [-0.1, -0.05) is 12.1 Å². The van der Waals surface area contributed by atoms with Gasteiger partial charge in [0.2, 0.25) is 0 Å². The number of amides is 1. The van der Waals surface area contributed by atoms with Gasteiger partial charge in [0.1, 0.15) is 0 Å². The molecule has 0 radical (unpaired) electrons. The third-order valence-electron chi connectivity index (χ3n) is 3.67. The molecule has 1 aromatic carbocycles. The summed E-state index contributed by atoms with van der Waals surface area (Å²) in [6.45, 7) is 2.27. The molecule has 0 unspecified atom stereocenters. The van der Waals surface area contributed by atoms with E-state index in [-0.39, 0.29) is 5.91 Å². The van der Waals surface area contributed by atoms with E-state index >= 15 is 0 Å². The Balaban J connectivity index is 1.57. The van der Waals surface area contributed by atoms with Crippen LogP contribution in [0.3, 0.4) is 0 Å². The van der Waals surface area contributed by atoms with E-state index in [2.05, 4.69) is 32.5 Å². The lowest BCUT2D eigenvalue weighted by molar-refractivity contribution is 0.0955. The smallest absolute Gasteiger partial charge is 0.272 e. The molecule has 5 nitrogen and oxygen atoms in total. The third-order valence-corrected chi connectivity index (χ3v) is 3.67. The molecule has 1 aliphatic rings. The second-order valence-electron chi connectivity index (χ2n) is 5.23. The van der Waals surface area contributed by atoms with Gasteiger partial charge >= 0.3 is 0 Å². The van der Waals surface area contributed by atoms with Crippen molar-refractivity contribution in [1.29, 1.82) is 0 Å². The fourth-order valence-electron chi connectivity index (χ4n) is 2.47. The number of aromatic nitrogens is 1. The van der Waals surface area contributed by atoms with E-state index in [9.17, 15) is 4.79 Å². The number of nitrogens with one attached hydrogen (secondary N) is 1. The average Bonchev–Trinajstić information content (AvgIpc) is 3.11. The summed E-state index contributed by atoms with van der Waals surface area (Å²) < 4.78 is 0. The maximum atomic E-state index is 11.8. The summed E-state index contributed by atoms with van der Waals surface area (Å²) in [5.74, 6) is -0.266. The Morgan fingerprint density at radius 1 is 1.18 bits per heavy atom. The Morgan fingerprint density at radius 2 is 1.95 bits per heavy atom. The van der Waals surface area contributed by atoms with E-state index in [1.54, 1.807) is 24.5 Å². The van der Waals surface area contributed by atoms with E-state index in [0.717, 1.165) is 18.7 Å². The van der Waals surface area contributed by atoms with Crippen molar-refractivity contribution in [3.8, 4) is 0 Å². The molecule has 112 valence electrons. The second-order valence-corrected chi connectivity index (χ2v) is 5.23. The molecule has 5 heteroatoms. The molecule has 1 amide bonds. The molecule has 0 spiro atoms. The predicted molar refractivity (Wildman–Crippen MR) is 87.2 cm³/mol. The van der Waals surface area contributed by atoms with Crippen molar-refractivity contribution in [2.75, 3.05) is 18.0 Å². The van der Waals surface area contributed by atoms with Crippen molar-refractivity contribution in [3.63, 3.8) is 0 Å². The number of carbonyl (C=O) groups is 1. The second kappa shape index (κ2) is 6.85. The van der Waals surface area contributed by atoms with Crippen molar-refractivity contribution < 1.29 is 4.79 Å². The molecule has 3 rings (SSSR count). The van der Waals surface area contributed by atoms with Crippen molar-refractivity contribution in [1.82, 2.24) is 10.4 Å². The summed E-state index contributed by atoms with van der Waals surface area (Å²) in [7, 11) is 0. The van der Waals surface area contributed by atoms with Crippen LogP contribution in [0, 0.1) is 0 Å². The minimum Gasteiger partial charge on any atom is -0.372 e. The zero-order valence-electron chi connectivity index (χ0n) is 12.3. The highest BCUT2D eigenvalue weighted by Crippen LogP contribution is 2.19. The van der Waals surface area contributed by atoms with Gasteiger partial charge in [-0.2, -0.15) is 5.10 Å². The molecule has 1 fully saturated rings. The molecule has 0 saturated carbocycles. The van der Waals surface area contributed by atoms with E-state index in [1.807, 2.05) is 12.1 Å². The molecule has 1 aliphatic heterocycles. The van der Waals surface area contributed by atoms with Crippen LogP contribution in [0.25, 0.3) is 0 Å². The molecular weight excluding hydrogens is 276 g/mol. The number of anilines is 1. The Hall–Kier alpha value is -2.69. The Morgan fingerprint density at radius 3 is 2.64 bits per heavy atom. The molecule has 2 aromatic rings. The summed E-state index contributed by atoms with van der Waals surface area (Å²) in [5.41, 5.74) is 5.18. The molecule has 0 bridgehead atoms. The standard InChI is InChI=1S/C17H18N4O/c22-17(15-4-3-9-18-13-15)20-19-12-14-5-7-16(8-6-14)21-10-1-2-11-21/h3-9,12-13H,1-2,10-11H2,(H,20,22)/b19-12+. The lowest BCUT2D eigenvalue weighted by Gasteiger charge is -2.17. The van der Waals surface area contributed by atoms with Gasteiger partial charge in [0.05, 0.1) is 11.8 Å². The van der Waals surface area contributed by atoms with Gasteiger partial charge in [-0.05, 0) is 42.7 Å². The van der Waals surface area contributed by atoms with Gasteiger partial charge in [0.25, 0.3) is 5.91 Å². The fraction of sp³-hybridized carbons (Fsp3) is 0.235. The molecule has 22 heavy (non-hydrogen) atoms. The van der Waals surface area contributed by atoms with Crippen LogP contribution in [0.5, 0.6) is 0 Å². The SMILES string of the molecule is O=C(N/N=C/c1ccc(N2CCCC2)cc1)c1cccnc1. The number of hydrogen-bond acceptors (Lipinski definition) is 4. The first-order valence-corrected chi connectivity index (χ1v) is 7.41. The number of hydrazone groups is 1. The first-order chi connectivity index (χ1) is 10.8. The molecule has 1 aromatic heterocycles. The number of benzene rings is 1.